The fourth-order valence-electron chi connectivity index (χ4n) is 2.39. The predicted octanol–water partition coefficient (Wildman–Crippen LogP) is 1.72. The molecular formula is C18H40N4O. The molecule has 5 heteroatoms. The van der Waals surface area contributed by atoms with E-state index in [2.05, 4.69) is 47.4 Å². The zero-order valence-corrected chi connectivity index (χ0v) is 16.2. The second-order valence-corrected chi connectivity index (χ2v) is 6.12. The first kappa shape index (κ1) is 22.5. The number of hydrogen-bond acceptors (Lipinski definition) is 5. The Bertz CT molecular complexity index is 282. The van der Waals surface area contributed by atoms with Crippen molar-refractivity contribution in [3.63, 3.8) is 0 Å². The molecule has 0 aliphatic heterocycles. The molecule has 0 bridgehead atoms. The van der Waals surface area contributed by atoms with Crippen LogP contribution in [0, 0.1) is 0 Å². The van der Waals surface area contributed by atoms with E-state index in [4.69, 9.17) is 4.74 Å². The highest BCUT2D eigenvalue weighted by Gasteiger charge is 2.10. The Morgan fingerprint density at radius 1 is 0.870 bits per heavy atom. The maximum Gasteiger partial charge on any atom is 0.0995 e. The van der Waals surface area contributed by atoms with E-state index in [9.17, 15) is 0 Å². The first-order valence-electron chi connectivity index (χ1n) is 9.11. The molecule has 0 heterocycles. The van der Waals surface area contributed by atoms with Crippen molar-refractivity contribution in [2.24, 2.45) is 0 Å². The van der Waals surface area contributed by atoms with Crippen molar-refractivity contribution in [3.05, 3.63) is 12.2 Å². The molecular weight excluding hydrogens is 288 g/mol. The summed E-state index contributed by atoms with van der Waals surface area (Å²) in [4.78, 5) is 7.37. The Morgan fingerprint density at radius 2 is 1.39 bits per heavy atom. The Morgan fingerprint density at radius 3 is 1.87 bits per heavy atom. The third kappa shape index (κ3) is 12.6. The van der Waals surface area contributed by atoms with Crippen LogP contribution in [0.5, 0.6) is 0 Å². The summed E-state index contributed by atoms with van der Waals surface area (Å²) in [6.45, 7) is 23.7. The van der Waals surface area contributed by atoms with Crippen LogP contribution < -0.4 is 5.32 Å². The van der Waals surface area contributed by atoms with Crippen LogP contribution in [0.2, 0.25) is 0 Å². The van der Waals surface area contributed by atoms with E-state index in [1.54, 1.807) is 0 Å². The highest BCUT2D eigenvalue weighted by Crippen LogP contribution is 1.98. The van der Waals surface area contributed by atoms with Gasteiger partial charge in [0.05, 0.1) is 13.3 Å². The maximum absolute atomic E-state index is 5.78. The van der Waals surface area contributed by atoms with Gasteiger partial charge in [0.2, 0.25) is 0 Å². The molecule has 0 rings (SSSR count). The minimum atomic E-state index is 0.652. The summed E-state index contributed by atoms with van der Waals surface area (Å²) in [5.41, 5.74) is 1.08. The molecule has 0 aromatic heterocycles. The molecule has 0 aromatic rings. The molecule has 23 heavy (non-hydrogen) atoms. The van der Waals surface area contributed by atoms with Gasteiger partial charge in [0, 0.05) is 39.3 Å². The lowest BCUT2D eigenvalue weighted by atomic mass is 10.4. The summed E-state index contributed by atoms with van der Waals surface area (Å²) in [7, 11) is 2.01. The monoisotopic (exact) mass is 328 g/mol. The van der Waals surface area contributed by atoms with E-state index in [0.717, 1.165) is 64.5 Å². The summed E-state index contributed by atoms with van der Waals surface area (Å²) in [5, 5.41) is 3.23. The SMILES string of the molecule is C=C(C)COCN(CCN(CC)CC)CCN(CC)CCNC. The quantitative estimate of drug-likeness (QED) is 0.344. The normalized spacial score (nSPS) is 11.8. The van der Waals surface area contributed by atoms with Crippen molar-refractivity contribution >= 4 is 0 Å². The lowest BCUT2D eigenvalue weighted by Gasteiger charge is -2.29. The molecule has 0 saturated carbocycles. The van der Waals surface area contributed by atoms with E-state index in [1.807, 2.05) is 14.0 Å². The van der Waals surface area contributed by atoms with Crippen molar-refractivity contribution in [1.82, 2.24) is 20.0 Å². The van der Waals surface area contributed by atoms with Gasteiger partial charge in [0.15, 0.2) is 0 Å². The Balaban J connectivity index is 4.30. The fourth-order valence-corrected chi connectivity index (χ4v) is 2.39. The number of nitrogens with zero attached hydrogens (tertiary/aromatic N) is 3. The number of hydrogen-bond donors (Lipinski definition) is 1. The van der Waals surface area contributed by atoms with Crippen LogP contribution in [0.15, 0.2) is 12.2 Å². The Hall–Kier alpha value is -0.460. The maximum atomic E-state index is 5.78. The summed E-state index contributed by atoms with van der Waals surface area (Å²) < 4.78 is 5.78. The predicted molar refractivity (Wildman–Crippen MR) is 101 cm³/mol. The first-order chi connectivity index (χ1) is 11.1. The topological polar surface area (TPSA) is 31.0 Å². The zero-order valence-electron chi connectivity index (χ0n) is 16.2. The molecule has 0 unspecified atom stereocenters. The fraction of sp³-hybridized carbons (Fsp3) is 0.889. The molecule has 0 spiro atoms. The van der Waals surface area contributed by atoms with Gasteiger partial charge in [-0.25, -0.2) is 0 Å². The highest BCUT2D eigenvalue weighted by atomic mass is 16.5. The van der Waals surface area contributed by atoms with E-state index in [1.165, 1.54) is 0 Å². The van der Waals surface area contributed by atoms with Gasteiger partial charge in [0.1, 0.15) is 0 Å². The molecule has 0 aromatic carbocycles. The van der Waals surface area contributed by atoms with Crippen molar-refractivity contribution in [3.8, 4) is 0 Å². The van der Waals surface area contributed by atoms with Crippen molar-refractivity contribution < 1.29 is 4.74 Å². The van der Waals surface area contributed by atoms with Crippen LogP contribution in [0.25, 0.3) is 0 Å². The molecule has 1 N–H and O–H groups in total. The highest BCUT2D eigenvalue weighted by molar-refractivity contribution is 4.87. The van der Waals surface area contributed by atoms with E-state index in [-0.39, 0.29) is 0 Å². The van der Waals surface area contributed by atoms with E-state index < -0.39 is 0 Å². The van der Waals surface area contributed by atoms with E-state index in [0.29, 0.717) is 13.3 Å². The smallest absolute Gasteiger partial charge is 0.0995 e. The van der Waals surface area contributed by atoms with Crippen LogP contribution in [-0.4, -0.2) is 94.0 Å². The van der Waals surface area contributed by atoms with Crippen LogP contribution in [-0.2, 0) is 4.74 Å². The molecule has 0 aliphatic carbocycles. The molecule has 5 nitrogen and oxygen atoms in total. The van der Waals surface area contributed by atoms with Gasteiger partial charge in [-0.15, -0.1) is 0 Å². The summed E-state index contributed by atoms with van der Waals surface area (Å²) in [6.07, 6.45) is 0. The molecule has 138 valence electrons. The van der Waals surface area contributed by atoms with Gasteiger partial charge < -0.3 is 19.9 Å². The number of likely N-dealkylation sites (N-methyl/N-ethyl adjacent to an activating group) is 3. The minimum Gasteiger partial charge on any atom is -0.362 e. The number of rotatable bonds is 16. The number of ether oxygens (including phenoxy) is 1. The molecule has 0 radical (unpaired) electrons. The Kier molecular flexibility index (Phi) is 14.8. The standard InChI is InChI=1S/C18H40N4O/c1-7-20(8-2)12-14-22(17-23-16-18(4)5)15-13-21(9-3)11-10-19-6/h19H,4,7-17H2,1-3,5-6H3. The van der Waals surface area contributed by atoms with Crippen molar-refractivity contribution in [1.29, 1.82) is 0 Å². The second kappa shape index (κ2) is 15.1. The van der Waals surface area contributed by atoms with Crippen LogP contribution in [0.3, 0.4) is 0 Å². The van der Waals surface area contributed by atoms with Gasteiger partial charge in [-0.1, -0.05) is 32.9 Å². The van der Waals surface area contributed by atoms with Gasteiger partial charge in [-0.05, 0) is 33.6 Å². The third-order valence-electron chi connectivity index (χ3n) is 4.11. The average Bonchev–Trinajstić information content (AvgIpc) is 2.54. The largest absolute Gasteiger partial charge is 0.362 e. The Labute approximate surface area is 144 Å². The van der Waals surface area contributed by atoms with Gasteiger partial charge in [0.25, 0.3) is 0 Å². The zero-order chi connectivity index (χ0) is 17.5. The van der Waals surface area contributed by atoms with Gasteiger partial charge in [-0.2, -0.15) is 0 Å². The minimum absolute atomic E-state index is 0.652. The lowest BCUT2D eigenvalue weighted by molar-refractivity contribution is 0.0299. The van der Waals surface area contributed by atoms with Crippen LogP contribution in [0.1, 0.15) is 27.7 Å². The number of nitrogens with one attached hydrogen (secondary N) is 1. The molecule has 0 atom stereocenters. The average molecular weight is 329 g/mol. The molecule has 0 amide bonds. The molecule has 0 fully saturated rings. The lowest BCUT2D eigenvalue weighted by Crippen LogP contribution is -2.42. The summed E-state index contributed by atoms with van der Waals surface area (Å²) in [6, 6.07) is 0. The molecule has 0 aliphatic rings. The van der Waals surface area contributed by atoms with Gasteiger partial charge in [-0.3, -0.25) is 4.90 Å². The van der Waals surface area contributed by atoms with Crippen molar-refractivity contribution in [2.75, 3.05) is 79.3 Å². The summed E-state index contributed by atoms with van der Waals surface area (Å²) >= 11 is 0. The van der Waals surface area contributed by atoms with Crippen LogP contribution in [0.4, 0.5) is 0 Å². The van der Waals surface area contributed by atoms with Crippen LogP contribution >= 0.6 is 0 Å². The second-order valence-electron chi connectivity index (χ2n) is 6.12. The van der Waals surface area contributed by atoms with E-state index >= 15 is 0 Å². The molecule has 0 saturated heterocycles. The first-order valence-corrected chi connectivity index (χ1v) is 9.11. The third-order valence-corrected chi connectivity index (χ3v) is 4.11. The summed E-state index contributed by atoms with van der Waals surface area (Å²) in [5.74, 6) is 0. The van der Waals surface area contributed by atoms with Gasteiger partial charge >= 0.3 is 0 Å². The van der Waals surface area contributed by atoms with Crippen molar-refractivity contribution in [2.45, 2.75) is 27.7 Å².